The van der Waals surface area contributed by atoms with Crippen molar-refractivity contribution in [2.45, 2.75) is 11.2 Å². The molecule has 0 radical (unpaired) electrons. The van der Waals surface area contributed by atoms with E-state index in [1.165, 1.54) is 23.7 Å². The molecule has 0 unspecified atom stereocenters. The highest BCUT2D eigenvalue weighted by molar-refractivity contribution is 8.00. The van der Waals surface area contributed by atoms with Gasteiger partial charge in [0.25, 0.3) is 0 Å². The fourth-order valence-electron chi connectivity index (χ4n) is 2.00. The van der Waals surface area contributed by atoms with E-state index in [-0.39, 0.29) is 23.0 Å². The minimum atomic E-state index is -0.389. The van der Waals surface area contributed by atoms with E-state index in [9.17, 15) is 9.59 Å². The fourth-order valence-corrected chi connectivity index (χ4v) is 3.04. The minimum absolute atomic E-state index is 0.123. The van der Waals surface area contributed by atoms with Crippen molar-refractivity contribution in [2.75, 3.05) is 13.3 Å². The lowest BCUT2D eigenvalue weighted by molar-refractivity contribution is -0.136. The normalized spacial score (nSPS) is 24.5. The Kier molecular flexibility index (Phi) is 3.45. The molecule has 0 aromatic heterocycles. The van der Waals surface area contributed by atoms with E-state index in [1.54, 1.807) is 24.3 Å². The van der Waals surface area contributed by atoms with Crippen LogP contribution in [0.4, 0.5) is 0 Å². The van der Waals surface area contributed by atoms with E-state index in [4.69, 9.17) is 11.6 Å². The van der Waals surface area contributed by atoms with Crippen molar-refractivity contribution in [1.82, 2.24) is 4.90 Å². The van der Waals surface area contributed by atoms with E-state index < -0.39 is 0 Å². The van der Waals surface area contributed by atoms with Crippen molar-refractivity contribution in [3.63, 3.8) is 0 Å². The number of halogens is 1. The van der Waals surface area contributed by atoms with Crippen LogP contribution in [-0.4, -0.2) is 35.3 Å². The summed E-state index contributed by atoms with van der Waals surface area (Å²) in [6, 6.07) is 7.09. The summed E-state index contributed by atoms with van der Waals surface area (Å²) in [7, 11) is 1.53. The predicted molar refractivity (Wildman–Crippen MR) is 69.3 cm³/mol. The molecule has 2 rings (SSSR count). The number of nitrogens with zero attached hydrogens (tertiary/aromatic N) is 1. The summed E-state index contributed by atoms with van der Waals surface area (Å²) in [6.45, 7) is 0. The van der Waals surface area contributed by atoms with Crippen LogP contribution in [-0.2, 0) is 9.59 Å². The molecule has 3 nitrogen and oxygen atoms in total. The molecule has 1 heterocycles. The zero-order valence-electron chi connectivity index (χ0n) is 9.51. The van der Waals surface area contributed by atoms with Gasteiger partial charge in [-0.25, -0.2) is 0 Å². The van der Waals surface area contributed by atoms with E-state index in [1.807, 2.05) is 6.26 Å². The molecule has 1 aromatic carbocycles. The van der Waals surface area contributed by atoms with Gasteiger partial charge in [0.05, 0.1) is 11.2 Å². The molecule has 90 valence electrons. The van der Waals surface area contributed by atoms with Gasteiger partial charge in [-0.3, -0.25) is 14.5 Å². The number of thioether (sulfide) groups is 1. The van der Waals surface area contributed by atoms with Gasteiger partial charge in [0.15, 0.2) is 0 Å². The lowest BCUT2D eigenvalue weighted by atomic mass is 9.97. The Labute approximate surface area is 109 Å². The van der Waals surface area contributed by atoms with Gasteiger partial charge < -0.3 is 0 Å². The number of hydrogen-bond donors (Lipinski definition) is 0. The SMILES string of the molecule is CS[C@@H]1C(=O)N(C)C(=O)[C@H]1c1ccc(Cl)cc1. The maximum atomic E-state index is 12.0. The van der Waals surface area contributed by atoms with Crippen LogP contribution in [0.5, 0.6) is 0 Å². The second-order valence-electron chi connectivity index (χ2n) is 3.92. The zero-order chi connectivity index (χ0) is 12.6. The fraction of sp³-hybridized carbons (Fsp3) is 0.333. The molecular weight excluding hydrogens is 258 g/mol. The van der Waals surface area contributed by atoms with Crippen LogP contribution >= 0.6 is 23.4 Å². The molecule has 1 aliphatic rings. The Hall–Kier alpha value is -1.00. The van der Waals surface area contributed by atoms with E-state index in [0.717, 1.165) is 5.56 Å². The van der Waals surface area contributed by atoms with Crippen molar-refractivity contribution in [2.24, 2.45) is 0 Å². The minimum Gasteiger partial charge on any atom is -0.284 e. The first-order valence-corrected chi connectivity index (χ1v) is 6.82. The van der Waals surface area contributed by atoms with Crippen molar-refractivity contribution in [1.29, 1.82) is 0 Å². The van der Waals surface area contributed by atoms with Gasteiger partial charge in [0, 0.05) is 12.1 Å². The molecule has 1 saturated heterocycles. The van der Waals surface area contributed by atoms with Gasteiger partial charge in [-0.05, 0) is 24.0 Å². The topological polar surface area (TPSA) is 37.4 Å². The maximum Gasteiger partial charge on any atom is 0.243 e. The zero-order valence-corrected chi connectivity index (χ0v) is 11.1. The molecule has 0 bridgehead atoms. The third kappa shape index (κ3) is 2.07. The van der Waals surface area contributed by atoms with Crippen molar-refractivity contribution in [3.05, 3.63) is 34.9 Å². The lowest BCUT2D eigenvalue weighted by Crippen LogP contribution is -2.26. The Morgan fingerprint density at radius 1 is 1.18 bits per heavy atom. The van der Waals surface area contributed by atoms with Gasteiger partial charge >= 0.3 is 0 Å². The standard InChI is InChI=1S/C12H12ClNO2S/c1-14-11(15)9(10(17-2)12(14)16)7-3-5-8(13)6-4-7/h3-6,9-10H,1-2H3/t9-,10-/m0/s1. The van der Waals surface area contributed by atoms with Crippen LogP contribution in [0.15, 0.2) is 24.3 Å². The van der Waals surface area contributed by atoms with E-state index in [0.29, 0.717) is 5.02 Å². The summed E-state index contributed by atoms with van der Waals surface area (Å²) in [5, 5.41) is 0.299. The highest BCUT2D eigenvalue weighted by Gasteiger charge is 2.46. The number of carbonyl (C=O) groups excluding carboxylic acids is 2. The van der Waals surface area contributed by atoms with Crippen LogP contribution < -0.4 is 0 Å². The molecule has 0 N–H and O–H groups in total. The Morgan fingerprint density at radius 2 is 1.76 bits per heavy atom. The van der Waals surface area contributed by atoms with Gasteiger partial charge in [-0.2, -0.15) is 11.8 Å². The summed E-state index contributed by atoms with van der Waals surface area (Å²) in [4.78, 5) is 25.1. The first-order chi connectivity index (χ1) is 8.06. The van der Waals surface area contributed by atoms with E-state index in [2.05, 4.69) is 0 Å². The number of amides is 2. The van der Waals surface area contributed by atoms with Gasteiger partial charge in [-0.1, -0.05) is 23.7 Å². The number of likely N-dealkylation sites (tertiary alicyclic amines) is 1. The summed E-state index contributed by atoms with van der Waals surface area (Å²) in [6.07, 6.45) is 1.85. The molecule has 5 heteroatoms. The van der Waals surface area contributed by atoms with Crippen molar-refractivity contribution < 1.29 is 9.59 Å². The molecule has 2 amide bonds. The predicted octanol–water partition coefficient (Wildman–Crippen LogP) is 2.15. The molecule has 1 aromatic rings. The number of imide groups is 1. The summed E-state index contributed by atoms with van der Waals surface area (Å²) in [5.74, 6) is -0.654. The molecule has 1 fully saturated rings. The van der Waals surface area contributed by atoms with Crippen LogP contribution in [0.1, 0.15) is 11.5 Å². The highest BCUT2D eigenvalue weighted by Crippen LogP contribution is 2.36. The molecule has 0 aliphatic carbocycles. The van der Waals surface area contributed by atoms with Crippen LogP contribution in [0.25, 0.3) is 0 Å². The quantitative estimate of drug-likeness (QED) is 0.772. The monoisotopic (exact) mass is 269 g/mol. The average Bonchev–Trinajstić information content (AvgIpc) is 2.54. The smallest absolute Gasteiger partial charge is 0.243 e. The average molecular weight is 270 g/mol. The summed E-state index contributed by atoms with van der Waals surface area (Å²) < 4.78 is 0. The van der Waals surface area contributed by atoms with Crippen molar-refractivity contribution >= 4 is 35.2 Å². The number of hydrogen-bond acceptors (Lipinski definition) is 3. The Balaban J connectivity index is 2.39. The van der Waals surface area contributed by atoms with Crippen LogP contribution in [0, 0.1) is 0 Å². The van der Waals surface area contributed by atoms with Gasteiger partial charge in [-0.15, -0.1) is 0 Å². The molecule has 2 atom stereocenters. The second-order valence-corrected chi connectivity index (χ2v) is 5.34. The summed E-state index contributed by atoms with van der Waals surface area (Å²) in [5.41, 5.74) is 0.844. The van der Waals surface area contributed by atoms with Gasteiger partial charge in [0.1, 0.15) is 0 Å². The molecule has 0 saturated carbocycles. The van der Waals surface area contributed by atoms with Crippen LogP contribution in [0.3, 0.4) is 0 Å². The highest BCUT2D eigenvalue weighted by atomic mass is 35.5. The Morgan fingerprint density at radius 3 is 2.29 bits per heavy atom. The lowest BCUT2D eigenvalue weighted by Gasteiger charge is -2.13. The number of carbonyl (C=O) groups is 2. The third-order valence-electron chi connectivity index (χ3n) is 2.96. The van der Waals surface area contributed by atoms with Crippen LogP contribution in [0.2, 0.25) is 5.02 Å². The molecule has 17 heavy (non-hydrogen) atoms. The van der Waals surface area contributed by atoms with Gasteiger partial charge in [0.2, 0.25) is 11.8 Å². The van der Waals surface area contributed by atoms with E-state index >= 15 is 0 Å². The number of likely N-dealkylation sites (N-methyl/N-ethyl adjacent to an activating group) is 1. The van der Waals surface area contributed by atoms with Crippen molar-refractivity contribution in [3.8, 4) is 0 Å². The molecular formula is C12H12ClNO2S. The maximum absolute atomic E-state index is 12.0. The second kappa shape index (κ2) is 4.70. The first kappa shape index (κ1) is 12.5. The first-order valence-electron chi connectivity index (χ1n) is 5.16. The molecule has 0 spiro atoms. The Bertz CT molecular complexity index is 460. The third-order valence-corrected chi connectivity index (χ3v) is 4.19. The number of rotatable bonds is 2. The summed E-state index contributed by atoms with van der Waals surface area (Å²) >= 11 is 7.22. The largest absolute Gasteiger partial charge is 0.284 e. The molecule has 1 aliphatic heterocycles. The number of benzene rings is 1.